The Hall–Kier alpha value is -1.19. The topological polar surface area (TPSA) is 67.2 Å². The van der Waals surface area contributed by atoms with Gasteiger partial charge in [0.15, 0.2) is 5.78 Å². The van der Waals surface area contributed by atoms with E-state index in [-0.39, 0.29) is 17.5 Å². The molecule has 0 atom stereocenters. The molecule has 0 aliphatic carbocycles. The van der Waals surface area contributed by atoms with E-state index in [0.29, 0.717) is 25.9 Å². The van der Waals surface area contributed by atoms with E-state index < -0.39 is 0 Å². The van der Waals surface area contributed by atoms with Crippen LogP contribution in [0, 0.1) is 5.41 Å². The number of esters is 1. The number of ether oxygens (including phenoxy) is 1. The van der Waals surface area contributed by atoms with Crippen molar-refractivity contribution >= 4 is 17.5 Å². The third-order valence-corrected chi connectivity index (χ3v) is 1.77. The van der Waals surface area contributed by atoms with Crippen molar-refractivity contribution in [2.45, 2.75) is 53.4 Å². The van der Waals surface area contributed by atoms with Gasteiger partial charge in [-0.2, -0.15) is 0 Å². The zero-order valence-electron chi connectivity index (χ0n) is 10.8. The monoisotopic (exact) mass is 229 g/mol. The van der Waals surface area contributed by atoms with Crippen LogP contribution >= 0.6 is 0 Å². The molecule has 16 heavy (non-hydrogen) atoms. The molecule has 94 valence electrons. The van der Waals surface area contributed by atoms with Gasteiger partial charge in [-0.1, -0.05) is 20.8 Å². The summed E-state index contributed by atoms with van der Waals surface area (Å²) in [6.07, 6.45) is 2.45. The fourth-order valence-corrected chi connectivity index (χ4v) is 0.848. The molecule has 0 spiro atoms. The Bertz CT molecular complexity index is 202. The number of nitrogens with one attached hydrogen (secondary N) is 1. The lowest BCUT2D eigenvalue weighted by Gasteiger charge is -1.96. The molecule has 0 saturated carbocycles. The van der Waals surface area contributed by atoms with Crippen molar-refractivity contribution in [1.29, 1.82) is 5.41 Å². The number of rotatable bonds is 6. The molecule has 0 aliphatic rings. The number of carbonyl (C=O) groups is 2. The van der Waals surface area contributed by atoms with E-state index in [1.807, 2.05) is 20.8 Å². The van der Waals surface area contributed by atoms with E-state index in [1.54, 1.807) is 6.92 Å². The Balaban J connectivity index is 0. The summed E-state index contributed by atoms with van der Waals surface area (Å²) in [6, 6.07) is 0. The van der Waals surface area contributed by atoms with Gasteiger partial charge < -0.3 is 10.1 Å². The molecule has 0 fully saturated rings. The molecular formula is C12H23NO3. The summed E-state index contributed by atoms with van der Waals surface area (Å²) < 4.78 is 4.64. The Morgan fingerprint density at radius 3 is 1.88 bits per heavy atom. The molecule has 0 bridgehead atoms. The molecule has 0 aromatic carbocycles. The van der Waals surface area contributed by atoms with Crippen LogP contribution in [0.4, 0.5) is 0 Å². The van der Waals surface area contributed by atoms with Crippen molar-refractivity contribution in [2.24, 2.45) is 0 Å². The fraction of sp³-hybridized carbons (Fsp3) is 0.750. The summed E-state index contributed by atoms with van der Waals surface area (Å²) in [7, 11) is 0. The van der Waals surface area contributed by atoms with E-state index in [2.05, 4.69) is 4.74 Å². The highest BCUT2D eigenvalue weighted by molar-refractivity contribution is 6.38. The van der Waals surface area contributed by atoms with Crippen LogP contribution in [-0.2, 0) is 14.3 Å². The average molecular weight is 229 g/mol. The minimum absolute atomic E-state index is 0.0347. The maximum Gasteiger partial charge on any atom is 0.305 e. The minimum atomic E-state index is -0.0880. The van der Waals surface area contributed by atoms with Crippen molar-refractivity contribution < 1.29 is 14.3 Å². The predicted molar refractivity (Wildman–Crippen MR) is 64.9 cm³/mol. The lowest BCUT2D eigenvalue weighted by atomic mass is 10.1. The molecule has 0 heterocycles. The molecule has 0 amide bonds. The second-order valence-electron chi connectivity index (χ2n) is 3.16. The Morgan fingerprint density at radius 1 is 1.06 bits per heavy atom. The van der Waals surface area contributed by atoms with Gasteiger partial charge in [0.05, 0.1) is 12.3 Å². The third kappa shape index (κ3) is 10.9. The van der Waals surface area contributed by atoms with Gasteiger partial charge in [-0.15, -0.1) is 0 Å². The predicted octanol–water partition coefficient (Wildman–Crippen LogP) is 2.74. The molecule has 0 rings (SSSR count). The first-order valence-corrected chi connectivity index (χ1v) is 5.79. The van der Waals surface area contributed by atoms with Crippen LogP contribution in [0.3, 0.4) is 0 Å². The molecule has 0 aromatic heterocycles. The highest BCUT2D eigenvalue weighted by Crippen LogP contribution is 1.89. The van der Waals surface area contributed by atoms with Gasteiger partial charge in [0.2, 0.25) is 0 Å². The van der Waals surface area contributed by atoms with E-state index in [9.17, 15) is 9.59 Å². The quantitative estimate of drug-likeness (QED) is 0.562. The molecule has 4 heteroatoms. The SMILES string of the molecule is CCC(=N)C(=O)CC.CCCC(=O)OCC. The van der Waals surface area contributed by atoms with E-state index in [0.717, 1.165) is 6.42 Å². The smallest absolute Gasteiger partial charge is 0.305 e. The Labute approximate surface area is 97.9 Å². The third-order valence-electron chi connectivity index (χ3n) is 1.77. The fourth-order valence-electron chi connectivity index (χ4n) is 0.848. The zero-order chi connectivity index (χ0) is 13.0. The van der Waals surface area contributed by atoms with E-state index >= 15 is 0 Å². The van der Waals surface area contributed by atoms with Crippen LogP contribution in [0.5, 0.6) is 0 Å². The largest absolute Gasteiger partial charge is 0.466 e. The molecular weight excluding hydrogens is 206 g/mol. The zero-order valence-corrected chi connectivity index (χ0v) is 10.8. The summed E-state index contributed by atoms with van der Waals surface area (Å²) in [5, 5.41) is 6.99. The van der Waals surface area contributed by atoms with Crippen LogP contribution < -0.4 is 0 Å². The Morgan fingerprint density at radius 2 is 1.62 bits per heavy atom. The van der Waals surface area contributed by atoms with Crippen LogP contribution in [0.1, 0.15) is 53.4 Å². The Kier molecular flexibility index (Phi) is 12.8. The summed E-state index contributed by atoms with van der Waals surface area (Å²) in [5.74, 6) is -0.123. The molecule has 0 radical (unpaired) electrons. The van der Waals surface area contributed by atoms with Gasteiger partial charge in [-0.25, -0.2) is 0 Å². The number of carbonyl (C=O) groups excluding carboxylic acids is 2. The second kappa shape index (κ2) is 11.9. The summed E-state index contributed by atoms with van der Waals surface area (Å²) in [4.78, 5) is 20.9. The van der Waals surface area contributed by atoms with Gasteiger partial charge >= 0.3 is 5.97 Å². The van der Waals surface area contributed by atoms with Gasteiger partial charge in [0.1, 0.15) is 0 Å². The van der Waals surface area contributed by atoms with Crippen molar-refractivity contribution in [3.63, 3.8) is 0 Å². The highest BCUT2D eigenvalue weighted by atomic mass is 16.5. The van der Waals surface area contributed by atoms with Gasteiger partial charge in [-0.3, -0.25) is 9.59 Å². The van der Waals surface area contributed by atoms with Crippen LogP contribution in [0.25, 0.3) is 0 Å². The van der Waals surface area contributed by atoms with Crippen molar-refractivity contribution in [1.82, 2.24) is 0 Å². The number of hydrogen-bond acceptors (Lipinski definition) is 4. The van der Waals surface area contributed by atoms with Gasteiger partial charge in [0, 0.05) is 12.8 Å². The average Bonchev–Trinajstić information content (AvgIpc) is 2.28. The second-order valence-corrected chi connectivity index (χ2v) is 3.16. The molecule has 0 aliphatic heterocycles. The van der Waals surface area contributed by atoms with Crippen molar-refractivity contribution in [3.8, 4) is 0 Å². The molecule has 0 aromatic rings. The minimum Gasteiger partial charge on any atom is -0.466 e. The molecule has 0 saturated heterocycles. The number of hydrogen-bond donors (Lipinski definition) is 1. The van der Waals surface area contributed by atoms with E-state index in [1.165, 1.54) is 0 Å². The maximum atomic E-state index is 10.5. The summed E-state index contributed by atoms with van der Waals surface area (Å²) in [5.41, 5.74) is 0.243. The van der Waals surface area contributed by atoms with Gasteiger partial charge in [-0.05, 0) is 19.8 Å². The van der Waals surface area contributed by atoms with E-state index in [4.69, 9.17) is 5.41 Å². The summed E-state index contributed by atoms with van der Waals surface area (Å²) in [6.45, 7) is 7.85. The van der Waals surface area contributed by atoms with Crippen LogP contribution in [0.2, 0.25) is 0 Å². The van der Waals surface area contributed by atoms with Crippen molar-refractivity contribution in [2.75, 3.05) is 6.61 Å². The highest BCUT2D eigenvalue weighted by Gasteiger charge is 2.01. The number of Topliss-reactive ketones (excluding diaryl/α,β-unsaturated/α-hetero) is 1. The maximum absolute atomic E-state index is 10.5. The van der Waals surface area contributed by atoms with Crippen LogP contribution in [0.15, 0.2) is 0 Å². The first-order valence-electron chi connectivity index (χ1n) is 5.79. The van der Waals surface area contributed by atoms with Crippen LogP contribution in [-0.4, -0.2) is 24.1 Å². The molecule has 0 unspecified atom stereocenters. The van der Waals surface area contributed by atoms with Gasteiger partial charge in [0.25, 0.3) is 0 Å². The number of ketones is 1. The molecule has 4 nitrogen and oxygen atoms in total. The lowest BCUT2D eigenvalue weighted by Crippen LogP contribution is -2.08. The first-order chi connectivity index (χ1) is 7.53. The summed E-state index contributed by atoms with van der Waals surface area (Å²) >= 11 is 0. The molecule has 1 N–H and O–H groups in total. The lowest BCUT2D eigenvalue weighted by molar-refractivity contribution is -0.143. The first kappa shape index (κ1) is 17.2. The normalized spacial score (nSPS) is 8.75. The van der Waals surface area contributed by atoms with Crippen molar-refractivity contribution in [3.05, 3.63) is 0 Å². The standard InChI is InChI=1S/C6H11NO.C6H12O2/c1-3-5(7)6(8)4-2;1-3-5-6(7)8-4-2/h7H,3-4H2,1-2H3;3-5H2,1-2H3.